The minimum absolute atomic E-state index is 0.365. The highest BCUT2D eigenvalue weighted by atomic mass is 32.1. The number of thiazole rings is 1. The van der Waals surface area contributed by atoms with Crippen molar-refractivity contribution in [3.63, 3.8) is 0 Å². The summed E-state index contributed by atoms with van der Waals surface area (Å²) in [7, 11) is 3.28. The molecule has 3 heterocycles. The lowest BCUT2D eigenvalue weighted by atomic mass is 10.0. The number of ether oxygens (including phenoxy) is 2. The maximum atomic E-state index is 6.01. The second kappa shape index (κ2) is 8.32. The van der Waals surface area contributed by atoms with Crippen molar-refractivity contribution < 1.29 is 13.9 Å². The van der Waals surface area contributed by atoms with Crippen LogP contribution in [0.2, 0.25) is 0 Å². The van der Waals surface area contributed by atoms with E-state index in [1.807, 2.05) is 31.3 Å². The number of methoxy groups -OCH3 is 2. The fourth-order valence-corrected chi connectivity index (χ4v) is 4.52. The zero-order chi connectivity index (χ0) is 19.5. The van der Waals surface area contributed by atoms with Crippen molar-refractivity contribution in [2.75, 3.05) is 20.8 Å². The minimum atomic E-state index is 0.365. The van der Waals surface area contributed by atoms with E-state index in [0.29, 0.717) is 17.7 Å². The molecule has 1 saturated heterocycles. The van der Waals surface area contributed by atoms with Gasteiger partial charge in [-0.2, -0.15) is 0 Å². The van der Waals surface area contributed by atoms with Crippen LogP contribution in [-0.2, 0) is 6.54 Å². The Hall–Kier alpha value is -2.38. The summed E-state index contributed by atoms with van der Waals surface area (Å²) in [4.78, 5) is 11.8. The van der Waals surface area contributed by atoms with E-state index in [1.165, 1.54) is 17.8 Å². The first-order valence-electron chi connectivity index (χ1n) is 9.51. The number of rotatable bonds is 6. The molecule has 0 aliphatic carbocycles. The monoisotopic (exact) mass is 399 g/mol. The molecule has 0 radical (unpaired) electrons. The number of hydrogen-bond acceptors (Lipinski definition) is 7. The van der Waals surface area contributed by atoms with Gasteiger partial charge in [-0.15, -0.1) is 11.3 Å². The number of piperidine rings is 1. The van der Waals surface area contributed by atoms with E-state index in [1.54, 1.807) is 25.6 Å². The third-order valence-electron chi connectivity index (χ3n) is 5.23. The van der Waals surface area contributed by atoms with Crippen LogP contribution in [0.1, 0.15) is 41.8 Å². The molecule has 0 saturated carbocycles. The number of oxazole rings is 1. The maximum absolute atomic E-state index is 6.01. The van der Waals surface area contributed by atoms with Gasteiger partial charge < -0.3 is 13.9 Å². The van der Waals surface area contributed by atoms with Crippen LogP contribution < -0.4 is 9.47 Å². The van der Waals surface area contributed by atoms with Crippen LogP contribution in [-0.4, -0.2) is 35.6 Å². The standard InChI is InChI=1S/C21H25N3O3S/c1-14-17(13-24-10-5-4-6-18(24)21-22-9-11-28-21)23-20(27-14)16-8-7-15(25-2)12-19(16)26-3/h7-9,11-12,18H,4-6,10,13H2,1-3H3/t18-/m0/s1. The first-order valence-corrected chi connectivity index (χ1v) is 10.4. The zero-order valence-corrected chi connectivity index (χ0v) is 17.3. The van der Waals surface area contributed by atoms with Crippen molar-refractivity contribution in [1.29, 1.82) is 0 Å². The summed E-state index contributed by atoms with van der Waals surface area (Å²) in [5, 5.41) is 3.25. The van der Waals surface area contributed by atoms with Crippen LogP contribution in [0.15, 0.2) is 34.2 Å². The van der Waals surface area contributed by atoms with E-state index in [-0.39, 0.29) is 0 Å². The smallest absolute Gasteiger partial charge is 0.230 e. The molecule has 4 rings (SSSR count). The van der Waals surface area contributed by atoms with Crippen molar-refractivity contribution in [2.45, 2.75) is 38.8 Å². The Kier molecular flexibility index (Phi) is 5.64. The van der Waals surface area contributed by atoms with Crippen LogP contribution >= 0.6 is 11.3 Å². The van der Waals surface area contributed by atoms with Gasteiger partial charge in [0.15, 0.2) is 0 Å². The van der Waals surface area contributed by atoms with Gasteiger partial charge in [0.05, 0.1) is 31.5 Å². The summed E-state index contributed by atoms with van der Waals surface area (Å²) in [5.41, 5.74) is 1.80. The maximum Gasteiger partial charge on any atom is 0.230 e. The van der Waals surface area contributed by atoms with E-state index in [4.69, 9.17) is 18.9 Å². The van der Waals surface area contributed by atoms with E-state index < -0.39 is 0 Å². The summed E-state index contributed by atoms with van der Waals surface area (Å²) in [6.45, 7) is 3.79. The first-order chi connectivity index (χ1) is 13.7. The van der Waals surface area contributed by atoms with Crippen molar-refractivity contribution in [3.05, 3.63) is 46.2 Å². The van der Waals surface area contributed by atoms with Crippen molar-refractivity contribution in [2.24, 2.45) is 0 Å². The van der Waals surface area contributed by atoms with E-state index in [2.05, 4.69) is 15.3 Å². The van der Waals surface area contributed by atoms with Crippen LogP contribution in [0.25, 0.3) is 11.5 Å². The lowest BCUT2D eigenvalue weighted by Crippen LogP contribution is -2.33. The van der Waals surface area contributed by atoms with Crippen molar-refractivity contribution in [1.82, 2.24) is 14.9 Å². The number of likely N-dealkylation sites (tertiary alicyclic amines) is 1. The normalized spacial score (nSPS) is 17.6. The molecule has 0 N–H and O–H groups in total. The SMILES string of the molecule is COc1ccc(-c2nc(CN3CCCC[C@H]3c3nccs3)c(C)o2)c(OC)c1. The molecule has 1 aliphatic heterocycles. The Morgan fingerprint density at radius 3 is 2.89 bits per heavy atom. The molecule has 148 valence electrons. The van der Waals surface area contributed by atoms with Gasteiger partial charge in [0, 0.05) is 24.2 Å². The van der Waals surface area contributed by atoms with Gasteiger partial charge in [-0.1, -0.05) is 6.42 Å². The third-order valence-corrected chi connectivity index (χ3v) is 6.11. The van der Waals surface area contributed by atoms with Crippen molar-refractivity contribution in [3.8, 4) is 23.0 Å². The molecule has 3 aromatic rings. The molecule has 0 amide bonds. The van der Waals surface area contributed by atoms with Crippen LogP contribution in [0.4, 0.5) is 0 Å². The largest absolute Gasteiger partial charge is 0.497 e. The van der Waals surface area contributed by atoms with Crippen LogP contribution in [0, 0.1) is 6.92 Å². The number of aromatic nitrogens is 2. The van der Waals surface area contributed by atoms with E-state index >= 15 is 0 Å². The van der Waals surface area contributed by atoms with E-state index in [9.17, 15) is 0 Å². The highest BCUT2D eigenvalue weighted by molar-refractivity contribution is 7.09. The summed E-state index contributed by atoms with van der Waals surface area (Å²) >= 11 is 1.73. The van der Waals surface area contributed by atoms with Gasteiger partial charge in [-0.3, -0.25) is 4.90 Å². The molecule has 1 aliphatic rings. The average molecular weight is 400 g/mol. The number of benzene rings is 1. The second-order valence-electron chi connectivity index (χ2n) is 6.94. The summed E-state index contributed by atoms with van der Waals surface area (Å²) in [6, 6.07) is 6.02. The van der Waals surface area contributed by atoms with Crippen LogP contribution in [0.5, 0.6) is 11.5 Å². The minimum Gasteiger partial charge on any atom is -0.497 e. The highest BCUT2D eigenvalue weighted by Crippen LogP contribution is 2.36. The summed E-state index contributed by atoms with van der Waals surface area (Å²) in [6.07, 6.45) is 5.48. The molecule has 6 nitrogen and oxygen atoms in total. The Balaban J connectivity index is 1.59. The van der Waals surface area contributed by atoms with Gasteiger partial charge >= 0.3 is 0 Å². The topological polar surface area (TPSA) is 60.6 Å². The Labute approximate surface area is 169 Å². The Bertz CT molecular complexity index is 923. The Morgan fingerprint density at radius 2 is 2.14 bits per heavy atom. The summed E-state index contributed by atoms with van der Waals surface area (Å²) in [5.74, 6) is 2.85. The fourth-order valence-electron chi connectivity index (χ4n) is 3.72. The molecular formula is C21H25N3O3S. The van der Waals surface area contributed by atoms with Gasteiger partial charge in [-0.25, -0.2) is 9.97 Å². The predicted octanol–water partition coefficient (Wildman–Crippen LogP) is 4.85. The lowest BCUT2D eigenvalue weighted by Gasteiger charge is -2.33. The molecule has 0 spiro atoms. The second-order valence-corrected chi connectivity index (χ2v) is 7.87. The quantitative estimate of drug-likeness (QED) is 0.590. The van der Waals surface area contributed by atoms with Gasteiger partial charge in [0.25, 0.3) is 0 Å². The molecule has 7 heteroatoms. The Morgan fingerprint density at radius 1 is 1.25 bits per heavy atom. The zero-order valence-electron chi connectivity index (χ0n) is 16.5. The van der Waals surface area contributed by atoms with Crippen molar-refractivity contribution >= 4 is 11.3 Å². The molecule has 1 fully saturated rings. The summed E-state index contributed by atoms with van der Waals surface area (Å²) < 4.78 is 16.8. The van der Waals surface area contributed by atoms with Crippen LogP contribution in [0.3, 0.4) is 0 Å². The average Bonchev–Trinajstić information content (AvgIpc) is 3.38. The molecule has 2 aromatic heterocycles. The highest BCUT2D eigenvalue weighted by Gasteiger charge is 2.27. The third kappa shape index (κ3) is 3.77. The predicted molar refractivity (Wildman–Crippen MR) is 109 cm³/mol. The molecule has 0 bridgehead atoms. The lowest BCUT2D eigenvalue weighted by molar-refractivity contribution is 0.138. The molecule has 0 unspecified atom stereocenters. The fraction of sp³-hybridized carbons (Fsp3) is 0.429. The van der Waals surface area contributed by atoms with Gasteiger partial charge in [0.1, 0.15) is 22.3 Å². The number of hydrogen-bond donors (Lipinski definition) is 0. The van der Waals surface area contributed by atoms with Gasteiger partial charge in [-0.05, 0) is 38.4 Å². The molecule has 28 heavy (non-hydrogen) atoms. The number of nitrogens with zero attached hydrogens (tertiary/aromatic N) is 3. The van der Waals surface area contributed by atoms with E-state index in [0.717, 1.165) is 42.3 Å². The molecule has 1 atom stereocenters. The van der Waals surface area contributed by atoms with Gasteiger partial charge in [0.2, 0.25) is 5.89 Å². The molecular weight excluding hydrogens is 374 g/mol. The number of aryl methyl sites for hydroxylation is 1. The first kappa shape index (κ1) is 19.0. The molecule has 1 aromatic carbocycles.